The molecule has 0 saturated carbocycles. The summed E-state index contributed by atoms with van der Waals surface area (Å²) in [7, 11) is 0. The number of hydrogen-bond acceptors (Lipinski definition) is 6. The molecule has 1 saturated heterocycles. The van der Waals surface area contributed by atoms with Crippen molar-refractivity contribution in [1.82, 2.24) is 10.6 Å². The molecule has 0 radical (unpaired) electrons. The molecule has 2 atom stereocenters. The maximum absolute atomic E-state index is 12.8. The number of rotatable bonds is 10. The zero-order valence-electron chi connectivity index (χ0n) is 19.1. The molecule has 2 unspecified atom stereocenters. The van der Waals surface area contributed by atoms with Crippen LogP contribution in [-0.4, -0.2) is 42.8 Å². The number of amides is 1. The molecule has 1 aliphatic rings. The third kappa shape index (κ3) is 5.27. The number of hydrogen-bond donors (Lipinski definition) is 4. The van der Waals surface area contributed by atoms with Gasteiger partial charge in [0.2, 0.25) is 5.91 Å². The Bertz CT molecular complexity index is 978. The van der Waals surface area contributed by atoms with E-state index in [1.54, 1.807) is 0 Å². The van der Waals surface area contributed by atoms with Crippen molar-refractivity contribution >= 4 is 17.5 Å². The monoisotopic (exact) mass is 472 g/mol. The minimum Gasteiger partial charge on any atom is -0.387 e. The smallest absolute Gasteiger partial charge is 0.245 e. The van der Waals surface area contributed by atoms with E-state index in [4.69, 9.17) is 22.4 Å². The molecule has 2 aromatic rings. The molecule has 1 heterocycles. The van der Waals surface area contributed by atoms with Crippen LogP contribution < -0.4 is 16.4 Å². The first kappa shape index (κ1) is 25.3. The Labute approximate surface area is 200 Å². The highest BCUT2D eigenvalue weighted by Crippen LogP contribution is 2.48. The summed E-state index contributed by atoms with van der Waals surface area (Å²) in [6.45, 7) is 3.10. The highest BCUT2D eigenvalue weighted by molar-refractivity contribution is 6.33. The molecule has 1 amide bonds. The Balaban J connectivity index is 2.13. The second kappa shape index (κ2) is 11.2. The Morgan fingerprint density at radius 1 is 1.33 bits per heavy atom. The Morgan fingerprint density at radius 2 is 2.12 bits per heavy atom. The first-order valence-electron chi connectivity index (χ1n) is 11.5. The largest absolute Gasteiger partial charge is 0.387 e. The molecule has 0 spiro atoms. The molecule has 33 heavy (non-hydrogen) atoms. The van der Waals surface area contributed by atoms with Crippen LogP contribution in [-0.2, 0) is 16.8 Å². The third-order valence-electron chi connectivity index (χ3n) is 6.66. The first-order valence-corrected chi connectivity index (χ1v) is 11.9. The van der Waals surface area contributed by atoms with Gasteiger partial charge in [-0.2, -0.15) is 0 Å². The summed E-state index contributed by atoms with van der Waals surface area (Å²) >= 11 is 6.74. The summed E-state index contributed by atoms with van der Waals surface area (Å²) in [6.07, 6.45) is 3.14. The van der Waals surface area contributed by atoms with Crippen LogP contribution in [0.5, 0.6) is 0 Å². The fourth-order valence-corrected chi connectivity index (χ4v) is 5.14. The van der Waals surface area contributed by atoms with Crippen molar-refractivity contribution in [2.24, 2.45) is 10.9 Å². The second-order valence-corrected chi connectivity index (χ2v) is 9.12. The molecule has 1 fully saturated rings. The van der Waals surface area contributed by atoms with Crippen molar-refractivity contribution < 1.29 is 9.90 Å². The zero-order valence-corrected chi connectivity index (χ0v) is 19.8. The van der Waals surface area contributed by atoms with E-state index in [1.165, 1.54) is 0 Å². The van der Waals surface area contributed by atoms with E-state index in [9.17, 15) is 9.70 Å². The Hall–Kier alpha value is -2.32. The van der Waals surface area contributed by atoms with Crippen LogP contribution in [0.1, 0.15) is 43.7 Å². The van der Waals surface area contributed by atoms with Gasteiger partial charge in [-0.1, -0.05) is 60.1 Å². The van der Waals surface area contributed by atoms with Gasteiger partial charge in [-0.05, 0) is 61.4 Å². The summed E-state index contributed by atoms with van der Waals surface area (Å²) in [5.41, 5.74) is 8.36. The van der Waals surface area contributed by atoms with Gasteiger partial charge in [-0.25, -0.2) is 0 Å². The van der Waals surface area contributed by atoms with Gasteiger partial charge < -0.3 is 21.5 Å². The predicted octanol–water partition coefficient (Wildman–Crippen LogP) is 3.50. The van der Waals surface area contributed by atoms with Crippen molar-refractivity contribution in [2.45, 2.75) is 50.1 Å². The van der Waals surface area contributed by atoms with E-state index in [0.29, 0.717) is 42.9 Å². The van der Waals surface area contributed by atoms with Crippen LogP contribution in [0.3, 0.4) is 0 Å². The van der Waals surface area contributed by atoms with Gasteiger partial charge in [0.05, 0.1) is 5.54 Å². The molecule has 0 bridgehead atoms. The van der Waals surface area contributed by atoms with Gasteiger partial charge in [0, 0.05) is 23.7 Å². The zero-order chi connectivity index (χ0) is 23.9. The number of halogens is 1. The summed E-state index contributed by atoms with van der Waals surface area (Å²) in [5, 5.41) is 19.3. The summed E-state index contributed by atoms with van der Waals surface area (Å²) in [4.78, 5) is 24.3. The van der Waals surface area contributed by atoms with Crippen LogP contribution in [0.4, 0.5) is 0 Å². The van der Waals surface area contributed by atoms with E-state index in [-0.39, 0.29) is 0 Å². The second-order valence-electron chi connectivity index (χ2n) is 8.72. The lowest BCUT2D eigenvalue weighted by atomic mass is 9.65. The molecular formula is C25H33ClN4O3. The lowest BCUT2D eigenvalue weighted by molar-refractivity contribution is -0.123. The van der Waals surface area contributed by atoms with Crippen molar-refractivity contribution in [3.05, 3.63) is 63.5 Å². The molecular weight excluding hydrogens is 440 g/mol. The number of aliphatic hydroxyl groups is 1. The van der Waals surface area contributed by atoms with Crippen molar-refractivity contribution in [3.63, 3.8) is 0 Å². The van der Waals surface area contributed by atoms with E-state index in [1.807, 2.05) is 30.3 Å². The number of nitrogens with zero attached hydrogens (tertiary/aromatic N) is 1. The number of piperidine rings is 1. The average Bonchev–Trinajstić information content (AvgIpc) is 2.84. The van der Waals surface area contributed by atoms with Crippen molar-refractivity contribution in [2.75, 3.05) is 26.2 Å². The fraction of sp³-hybridized carbons (Fsp3) is 0.480. The molecule has 0 aromatic heterocycles. The number of aryl methyl sites for hydroxylation is 1. The molecule has 2 aromatic carbocycles. The number of nitroso groups, excluding NO2 is 1. The van der Waals surface area contributed by atoms with Crippen LogP contribution in [0, 0.1) is 4.91 Å². The summed E-state index contributed by atoms with van der Waals surface area (Å²) in [6, 6.07) is 13.7. The normalized spacial score (nSPS) is 20.1. The number of carbonyl (C=O) groups is 1. The lowest BCUT2D eigenvalue weighted by Gasteiger charge is -2.47. The van der Waals surface area contributed by atoms with Crippen molar-refractivity contribution in [3.8, 4) is 11.1 Å². The number of benzene rings is 2. The summed E-state index contributed by atoms with van der Waals surface area (Å²) < 4.78 is 0. The van der Waals surface area contributed by atoms with Gasteiger partial charge in [0.15, 0.2) is 0 Å². The highest BCUT2D eigenvalue weighted by Gasteiger charge is 2.53. The predicted molar refractivity (Wildman–Crippen MR) is 132 cm³/mol. The van der Waals surface area contributed by atoms with E-state index in [2.05, 4.69) is 34.9 Å². The third-order valence-corrected chi connectivity index (χ3v) is 6.98. The minimum absolute atomic E-state index is 0.307. The summed E-state index contributed by atoms with van der Waals surface area (Å²) in [5.74, 6) is -0.457. The number of aliphatic hydroxyl groups excluding tert-OH is 1. The van der Waals surface area contributed by atoms with E-state index >= 15 is 0 Å². The van der Waals surface area contributed by atoms with Gasteiger partial charge >= 0.3 is 0 Å². The van der Waals surface area contributed by atoms with Crippen LogP contribution in [0.2, 0.25) is 5.02 Å². The number of carbonyl (C=O) groups excluding carboxylic acids is 1. The number of nitrogens with one attached hydrogen (secondary N) is 2. The maximum Gasteiger partial charge on any atom is 0.245 e. The molecule has 3 rings (SSSR count). The topological polar surface area (TPSA) is 117 Å². The van der Waals surface area contributed by atoms with Gasteiger partial charge in [0.25, 0.3) is 0 Å². The van der Waals surface area contributed by atoms with Crippen LogP contribution in [0.15, 0.2) is 47.6 Å². The van der Waals surface area contributed by atoms with Gasteiger partial charge in [0.1, 0.15) is 12.1 Å². The Morgan fingerprint density at radius 3 is 2.79 bits per heavy atom. The molecule has 5 N–H and O–H groups in total. The van der Waals surface area contributed by atoms with Crippen LogP contribution in [0.25, 0.3) is 11.1 Å². The number of nitrogens with two attached hydrogens (primary N) is 1. The lowest BCUT2D eigenvalue weighted by Crippen LogP contribution is -2.65. The fourth-order valence-electron chi connectivity index (χ4n) is 4.86. The minimum atomic E-state index is -1.26. The molecule has 178 valence electrons. The highest BCUT2D eigenvalue weighted by atomic mass is 35.5. The molecule has 7 nitrogen and oxygen atoms in total. The van der Waals surface area contributed by atoms with Gasteiger partial charge in [-0.3, -0.25) is 4.79 Å². The van der Waals surface area contributed by atoms with Crippen molar-refractivity contribution in [1.29, 1.82) is 0 Å². The average molecular weight is 473 g/mol. The Kier molecular flexibility index (Phi) is 8.59. The van der Waals surface area contributed by atoms with Gasteiger partial charge in [-0.15, -0.1) is 4.91 Å². The van der Waals surface area contributed by atoms with E-state index in [0.717, 1.165) is 36.1 Å². The first-order chi connectivity index (χ1) is 15.9. The molecule has 1 aliphatic heterocycles. The standard InChI is InChI=1S/C25H33ClN4O3/c1-2-18-7-3-8-19(15-18)23-20(9-4-10-21(23)26)25(30-33,12-6-14-29-22(32)16-31)24(27)11-5-13-28-17-24/h3-4,7-10,15,28,31H,2,5-6,11-14,16-17,27H2,1H3,(H,29,32). The van der Waals surface area contributed by atoms with Crippen LogP contribution >= 0.6 is 11.6 Å². The quantitative estimate of drug-likeness (QED) is 0.312. The molecule has 8 heteroatoms. The SMILES string of the molecule is CCc1cccc(-c2c(Cl)cccc2C(CCCNC(=O)CO)(N=O)C2(N)CCCNC2)c1. The maximum atomic E-state index is 12.8. The van der Waals surface area contributed by atoms with E-state index < -0.39 is 23.6 Å². The molecule has 0 aliphatic carbocycles.